The predicted octanol–water partition coefficient (Wildman–Crippen LogP) is 8.08. The second kappa shape index (κ2) is 12.4. The molecular weight excluding hydrogens is 596 g/mol. The molecule has 6 nitrogen and oxygen atoms in total. The standard InChI is InChI=1S/C42H62N2O4/c1-27(2)30-15-20-42(37(48)43-23-24-44(8)25-26-45)22-21-40(6)32(35(30)42)13-14-34-39(5)18-16-31(28-9-11-29(12-10-28)36(46)47)38(3,4)33(39)17-19-41(34,40)7/h9-12,16,30,32-35,45H,1,13-15,17-26H2,2-8H3,(H,43,48)(H,46,47)/t30-,32+,33-,34+,35+,39-,40+,41+,42-/m0/s1. The molecule has 0 aromatic heterocycles. The molecule has 5 aliphatic rings. The maximum absolute atomic E-state index is 14.3. The molecule has 48 heavy (non-hydrogen) atoms. The van der Waals surface area contributed by atoms with Crippen molar-refractivity contribution in [1.29, 1.82) is 0 Å². The van der Waals surface area contributed by atoms with Crippen molar-refractivity contribution in [3.05, 3.63) is 53.6 Å². The number of nitrogens with zero attached hydrogens (tertiary/aromatic N) is 1. The van der Waals surface area contributed by atoms with Crippen molar-refractivity contribution in [3.63, 3.8) is 0 Å². The molecule has 3 N–H and O–H groups in total. The summed E-state index contributed by atoms with van der Waals surface area (Å²) in [6, 6.07) is 7.53. The number of fused-ring (bicyclic) bond motifs is 7. The first kappa shape index (κ1) is 35.4. The van der Waals surface area contributed by atoms with Crippen LogP contribution in [0.15, 0.2) is 42.5 Å². The van der Waals surface area contributed by atoms with Crippen molar-refractivity contribution in [2.75, 3.05) is 33.3 Å². The van der Waals surface area contributed by atoms with Crippen LogP contribution in [0.5, 0.6) is 0 Å². The Labute approximate surface area is 289 Å². The molecule has 264 valence electrons. The van der Waals surface area contributed by atoms with Gasteiger partial charge in [-0.05, 0) is 146 Å². The molecule has 0 radical (unpaired) electrons. The minimum Gasteiger partial charge on any atom is -0.478 e. The van der Waals surface area contributed by atoms with Gasteiger partial charge in [-0.1, -0.05) is 65.0 Å². The minimum atomic E-state index is -0.878. The number of nitrogens with one attached hydrogen (secondary N) is 1. The molecule has 0 spiro atoms. The number of carboxylic acids is 1. The largest absolute Gasteiger partial charge is 0.478 e. The Morgan fingerprint density at radius 1 is 0.917 bits per heavy atom. The summed E-state index contributed by atoms with van der Waals surface area (Å²) in [6.45, 7) is 21.6. The molecule has 6 heteroatoms. The Hall–Kier alpha value is -2.44. The van der Waals surface area contributed by atoms with Gasteiger partial charge in [-0.15, -0.1) is 0 Å². The lowest BCUT2D eigenvalue weighted by Gasteiger charge is -2.72. The third-order valence-corrected chi connectivity index (χ3v) is 15.8. The van der Waals surface area contributed by atoms with Gasteiger partial charge >= 0.3 is 5.97 Å². The molecule has 0 bridgehead atoms. The first-order chi connectivity index (χ1) is 22.6. The van der Waals surface area contributed by atoms with Gasteiger partial charge in [-0.2, -0.15) is 0 Å². The Bertz CT molecular complexity index is 1460. The first-order valence-corrected chi connectivity index (χ1v) is 18.8. The fraction of sp³-hybridized carbons (Fsp3) is 0.714. The molecule has 0 saturated heterocycles. The van der Waals surface area contributed by atoms with E-state index in [1.54, 1.807) is 12.1 Å². The van der Waals surface area contributed by atoms with Crippen LogP contribution < -0.4 is 5.32 Å². The first-order valence-electron chi connectivity index (χ1n) is 18.8. The van der Waals surface area contributed by atoms with Crippen LogP contribution >= 0.6 is 0 Å². The van der Waals surface area contributed by atoms with Crippen LogP contribution in [0, 0.1) is 56.7 Å². The van der Waals surface area contributed by atoms with Crippen molar-refractivity contribution in [1.82, 2.24) is 10.2 Å². The van der Waals surface area contributed by atoms with Gasteiger partial charge in [0, 0.05) is 19.6 Å². The van der Waals surface area contributed by atoms with E-state index < -0.39 is 5.97 Å². The smallest absolute Gasteiger partial charge is 0.335 e. The van der Waals surface area contributed by atoms with E-state index in [1.807, 2.05) is 19.2 Å². The van der Waals surface area contributed by atoms with E-state index in [2.05, 4.69) is 64.4 Å². The van der Waals surface area contributed by atoms with Crippen molar-refractivity contribution in [2.24, 2.45) is 56.7 Å². The third kappa shape index (κ3) is 5.17. The SMILES string of the molecule is C=C(C)[C@@H]1CC[C@]2(C(=O)NCCN(C)CCO)CC[C@]3(C)[C@H](CC[C@@H]4[C@@]5(C)CC=C(c6ccc(C(=O)O)cc6)C(C)(C)[C@@H]5CC[C@]43C)[C@@H]12. The summed E-state index contributed by atoms with van der Waals surface area (Å²) in [5.41, 5.74) is 4.35. The Kier molecular flexibility index (Phi) is 9.15. The zero-order valence-electron chi connectivity index (χ0n) is 30.8. The second-order valence-corrected chi connectivity index (χ2v) is 18.1. The number of carbonyl (C=O) groups excluding carboxylic acids is 1. The van der Waals surface area contributed by atoms with Crippen molar-refractivity contribution >= 4 is 17.4 Å². The fourth-order valence-corrected chi connectivity index (χ4v) is 13.2. The normalized spacial score (nSPS) is 39.8. The molecule has 4 fully saturated rings. The van der Waals surface area contributed by atoms with Gasteiger partial charge in [0.25, 0.3) is 0 Å². The summed E-state index contributed by atoms with van der Waals surface area (Å²) < 4.78 is 0. The topological polar surface area (TPSA) is 89.9 Å². The van der Waals surface area contributed by atoms with Crippen LogP contribution in [0.3, 0.4) is 0 Å². The molecule has 1 aromatic rings. The second-order valence-electron chi connectivity index (χ2n) is 18.1. The van der Waals surface area contributed by atoms with Gasteiger partial charge in [-0.25, -0.2) is 4.79 Å². The molecule has 6 rings (SSSR count). The van der Waals surface area contributed by atoms with Crippen molar-refractivity contribution in [3.8, 4) is 0 Å². The Morgan fingerprint density at radius 2 is 1.62 bits per heavy atom. The molecule has 0 unspecified atom stereocenters. The molecular formula is C42H62N2O4. The molecule has 1 aromatic carbocycles. The van der Waals surface area contributed by atoms with E-state index in [1.165, 1.54) is 36.8 Å². The highest BCUT2D eigenvalue weighted by Crippen LogP contribution is 2.77. The zero-order valence-corrected chi connectivity index (χ0v) is 30.8. The number of amides is 1. The van der Waals surface area contributed by atoms with Crippen LogP contribution in [0.4, 0.5) is 0 Å². The van der Waals surface area contributed by atoms with Gasteiger partial charge in [0.05, 0.1) is 17.6 Å². The average Bonchev–Trinajstić information content (AvgIpc) is 3.43. The molecule has 9 atom stereocenters. The number of aliphatic hydroxyl groups excluding tert-OH is 1. The summed E-state index contributed by atoms with van der Waals surface area (Å²) in [4.78, 5) is 27.9. The number of hydrogen-bond donors (Lipinski definition) is 3. The summed E-state index contributed by atoms with van der Waals surface area (Å²) in [5, 5.41) is 22.2. The van der Waals surface area contributed by atoms with Crippen LogP contribution in [0.25, 0.3) is 5.57 Å². The van der Waals surface area contributed by atoms with Crippen molar-refractivity contribution in [2.45, 2.75) is 99.3 Å². The fourth-order valence-electron chi connectivity index (χ4n) is 13.2. The van der Waals surface area contributed by atoms with Gasteiger partial charge in [0.15, 0.2) is 0 Å². The van der Waals surface area contributed by atoms with E-state index in [9.17, 15) is 19.8 Å². The highest BCUT2D eigenvalue weighted by Gasteiger charge is 2.71. The molecule has 5 aliphatic carbocycles. The summed E-state index contributed by atoms with van der Waals surface area (Å²) in [5.74, 6) is 1.80. The van der Waals surface area contributed by atoms with Gasteiger partial charge < -0.3 is 20.4 Å². The van der Waals surface area contributed by atoms with E-state index in [0.717, 1.165) is 44.2 Å². The van der Waals surface area contributed by atoms with Crippen LogP contribution in [-0.2, 0) is 4.79 Å². The number of carbonyl (C=O) groups is 2. The van der Waals surface area contributed by atoms with E-state index >= 15 is 0 Å². The number of hydrogen-bond acceptors (Lipinski definition) is 4. The maximum Gasteiger partial charge on any atom is 0.335 e. The number of aliphatic hydroxyl groups is 1. The molecule has 0 aliphatic heterocycles. The number of aromatic carboxylic acids is 1. The molecule has 4 saturated carbocycles. The predicted molar refractivity (Wildman–Crippen MR) is 193 cm³/mol. The van der Waals surface area contributed by atoms with Crippen LogP contribution in [0.2, 0.25) is 0 Å². The van der Waals surface area contributed by atoms with Gasteiger partial charge in [0.1, 0.15) is 0 Å². The lowest BCUT2D eigenvalue weighted by atomic mass is 9.32. The summed E-state index contributed by atoms with van der Waals surface area (Å²) in [6.07, 6.45) is 12.5. The van der Waals surface area contributed by atoms with Gasteiger partial charge in [0.2, 0.25) is 5.91 Å². The van der Waals surface area contributed by atoms with E-state index in [0.29, 0.717) is 48.2 Å². The summed E-state index contributed by atoms with van der Waals surface area (Å²) in [7, 11) is 2.00. The molecule has 1 amide bonds. The Morgan fingerprint density at radius 3 is 2.27 bits per heavy atom. The number of benzene rings is 1. The van der Waals surface area contributed by atoms with E-state index in [4.69, 9.17) is 0 Å². The minimum absolute atomic E-state index is 0.0155. The Balaban J connectivity index is 1.30. The number of likely N-dealkylation sites (N-methyl/N-ethyl adjacent to an activating group) is 1. The van der Waals surface area contributed by atoms with Gasteiger partial charge in [-0.3, -0.25) is 4.79 Å². The maximum atomic E-state index is 14.3. The lowest BCUT2D eigenvalue weighted by molar-refractivity contribution is -0.225. The number of carboxylic acid groups (broad SMARTS) is 1. The monoisotopic (exact) mass is 658 g/mol. The van der Waals surface area contributed by atoms with Crippen molar-refractivity contribution < 1.29 is 19.8 Å². The highest BCUT2D eigenvalue weighted by molar-refractivity contribution is 5.88. The lowest BCUT2D eigenvalue weighted by Crippen LogP contribution is -2.66. The summed E-state index contributed by atoms with van der Waals surface area (Å²) >= 11 is 0. The number of allylic oxidation sites excluding steroid dienone is 3. The molecule has 0 heterocycles. The third-order valence-electron chi connectivity index (χ3n) is 15.8. The van der Waals surface area contributed by atoms with Crippen LogP contribution in [-0.4, -0.2) is 60.3 Å². The zero-order chi connectivity index (χ0) is 34.9. The average molecular weight is 659 g/mol. The highest BCUT2D eigenvalue weighted by atomic mass is 16.4. The number of rotatable bonds is 9. The van der Waals surface area contributed by atoms with Crippen LogP contribution in [0.1, 0.15) is 115 Å². The van der Waals surface area contributed by atoms with E-state index in [-0.39, 0.29) is 39.6 Å². The quantitative estimate of drug-likeness (QED) is 0.234.